The van der Waals surface area contributed by atoms with Crippen molar-refractivity contribution in [3.8, 4) is 17.2 Å². The Morgan fingerprint density at radius 1 is 1.26 bits per heavy atom. The van der Waals surface area contributed by atoms with Crippen molar-refractivity contribution >= 4 is 17.5 Å². The number of halogens is 1. The van der Waals surface area contributed by atoms with Gasteiger partial charge < -0.3 is 35.0 Å². The van der Waals surface area contributed by atoms with Gasteiger partial charge in [-0.3, -0.25) is 4.79 Å². The summed E-state index contributed by atoms with van der Waals surface area (Å²) in [6, 6.07) is 9.52. The van der Waals surface area contributed by atoms with Gasteiger partial charge in [0.15, 0.2) is 0 Å². The van der Waals surface area contributed by atoms with Crippen LogP contribution in [-0.4, -0.2) is 76.7 Å². The number of β-amino-alcohol motifs (C(OH)–C–C–N with tert-alkyl or cyclic N) is 1. The zero-order chi connectivity index (χ0) is 24.3. The third kappa shape index (κ3) is 5.75. The van der Waals surface area contributed by atoms with E-state index in [1.165, 1.54) is 18.2 Å². The smallest absolute Gasteiger partial charge is 0.255 e. The molecule has 2 aromatic carbocycles. The van der Waals surface area contributed by atoms with E-state index in [0.29, 0.717) is 6.54 Å². The standard InChI is InChI=1S/C25H31ClN2O6/c1-16(14-29)27-24(32)21-4-3-19(30)11-23(21)33-15-20(31)13-28-8-6-25(7-9-28)12-17-10-18(26)2-5-22(17)34-25/h2-5,10-11,16,20,29-31H,6-9,12-15H2,1H3,(H,27,32)/t16?,20-/m0/s1. The van der Waals surface area contributed by atoms with Gasteiger partial charge in [-0.15, -0.1) is 0 Å². The number of nitrogens with one attached hydrogen (secondary N) is 1. The molecule has 184 valence electrons. The highest BCUT2D eigenvalue weighted by Crippen LogP contribution is 2.42. The van der Waals surface area contributed by atoms with Crippen LogP contribution in [0.2, 0.25) is 5.02 Å². The Bertz CT molecular complexity index is 1020. The molecule has 2 atom stereocenters. The summed E-state index contributed by atoms with van der Waals surface area (Å²) in [5.74, 6) is 0.614. The van der Waals surface area contributed by atoms with Gasteiger partial charge in [0.25, 0.3) is 5.91 Å². The van der Waals surface area contributed by atoms with Crippen LogP contribution < -0.4 is 14.8 Å². The molecule has 4 rings (SSSR count). The minimum atomic E-state index is -0.774. The second-order valence-electron chi connectivity index (χ2n) is 9.22. The molecule has 34 heavy (non-hydrogen) atoms. The van der Waals surface area contributed by atoms with Crippen LogP contribution in [0.15, 0.2) is 36.4 Å². The Hall–Kier alpha value is -2.52. The number of aromatic hydroxyl groups is 1. The van der Waals surface area contributed by atoms with Crippen molar-refractivity contribution in [2.24, 2.45) is 0 Å². The number of phenolic OH excluding ortho intramolecular Hbond substituents is 1. The summed E-state index contributed by atoms with van der Waals surface area (Å²) < 4.78 is 12.0. The monoisotopic (exact) mass is 490 g/mol. The van der Waals surface area contributed by atoms with E-state index >= 15 is 0 Å². The van der Waals surface area contributed by atoms with Gasteiger partial charge >= 0.3 is 0 Å². The maximum Gasteiger partial charge on any atom is 0.255 e. The molecular formula is C25H31ClN2O6. The Kier molecular flexibility index (Phi) is 7.52. The van der Waals surface area contributed by atoms with E-state index in [-0.39, 0.29) is 35.9 Å². The van der Waals surface area contributed by atoms with Crippen molar-refractivity contribution in [1.29, 1.82) is 0 Å². The van der Waals surface area contributed by atoms with E-state index in [1.54, 1.807) is 6.92 Å². The van der Waals surface area contributed by atoms with E-state index in [9.17, 15) is 15.0 Å². The van der Waals surface area contributed by atoms with Crippen LogP contribution >= 0.6 is 11.6 Å². The first-order chi connectivity index (χ1) is 16.3. The predicted octanol–water partition coefficient (Wildman–Crippen LogP) is 2.37. The summed E-state index contributed by atoms with van der Waals surface area (Å²) in [6.45, 7) is 3.46. The Labute approximate surface area is 204 Å². The molecule has 2 aliphatic heterocycles. The van der Waals surface area contributed by atoms with E-state index in [1.807, 2.05) is 18.2 Å². The van der Waals surface area contributed by atoms with E-state index < -0.39 is 18.1 Å². The second kappa shape index (κ2) is 10.4. The molecule has 1 amide bonds. The number of carbonyl (C=O) groups is 1. The summed E-state index contributed by atoms with van der Waals surface area (Å²) in [5, 5.41) is 32.9. The van der Waals surface area contributed by atoms with Crippen LogP contribution in [0.4, 0.5) is 0 Å². The van der Waals surface area contributed by atoms with Crippen LogP contribution in [0, 0.1) is 0 Å². The molecule has 9 heteroatoms. The molecule has 0 saturated carbocycles. The second-order valence-corrected chi connectivity index (χ2v) is 9.65. The summed E-state index contributed by atoms with van der Waals surface area (Å²) in [6.07, 6.45) is 1.78. The molecule has 2 aliphatic rings. The minimum Gasteiger partial charge on any atom is -0.508 e. The molecule has 1 saturated heterocycles. The van der Waals surface area contributed by atoms with Gasteiger partial charge in [0, 0.05) is 56.0 Å². The van der Waals surface area contributed by atoms with Crippen LogP contribution in [0.1, 0.15) is 35.7 Å². The molecule has 0 aromatic heterocycles. The lowest BCUT2D eigenvalue weighted by molar-refractivity contribution is -0.00201. The molecule has 0 bridgehead atoms. The largest absolute Gasteiger partial charge is 0.508 e. The lowest BCUT2D eigenvalue weighted by Gasteiger charge is -2.39. The maximum absolute atomic E-state index is 12.5. The van der Waals surface area contributed by atoms with Crippen molar-refractivity contribution in [3.63, 3.8) is 0 Å². The van der Waals surface area contributed by atoms with Crippen molar-refractivity contribution < 1.29 is 29.6 Å². The molecular weight excluding hydrogens is 460 g/mol. The molecule has 2 heterocycles. The first-order valence-corrected chi connectivity index (χ1v) is 11.9. The highest BCUT2D eigenvalue weighted by atomic mass is 35.5. The number of nitrogens with zero attached hydrogens (tertiary/aromatic N) is 1. The first kappa shape index (κ1) is 24.6. The third-order valence-corrected chi connectivity index (χ3v) is 6.63. The van der Waals surface area contributed by atoms with Gasteiger partial charge in [0.05, 0.1) is 12.2 Å². The molecule has 0 radical (unpaired) electrons. The zero-order valence-corrected chi connectivity index (χ0v) is 19.9. The maximum atomic E-state index is 12.5. The number of hydrogen-bond donors (Lipinski definition) is 4. The fourth-order valence-corrected chi connectivity index (χ4v) is 4.72. The highest BCUT2D eigenvalue weighted by molar-refractivity contribution is 6.30. The number of aliphatic hydroxyl groups excluding tert-OH is 2. The highest BCUT2D eigenvalue weighted by Gasteiger charge is 2.42. The number of amides is 1. The van der Waals surface area contributed by atoms with Gasteiger partial charge in [-0.1, -0.05) is 11.6 Å². The molecule has 8 nitrogen and oxygen atoms in total. The number of aliphatic hydroxyl groups is 2. The first-order valence-electron chi connectivity index (χ1n) is 11.5. The van der Waals surface area contributed by atoms with Gasteiger partial charge in [0.2, 0.25) is 0 Å². The Balaban J connectivity index is 1.28. The lowest BCUT2D eigenvalue weighted by Crippen LogP contribution is -2.49. The van der Waals surface area contributed by atoms with Crippen LogP contribution in [-0.2, 0) is 6.42 Å². The number of rotatable bonds is 8. The number of benzene rings is 2. The zero-order valence-electron chi connectivity index (χ0n) is 19.2. The fraction of sp³-hybridized carbons (Fsp3) is 0.480. The predicted molar refractivity (Wildman–Crippen MR) is 128 cm³/mol. The van der Waals surface area contributed by atoms with Crippen LogP contribution in [0.5, 0.6) is 17.2 Å². The van der Waals surface area contributed by atoms with Gasteiger partial charge in [-0.25, -0.2) is 0 Å². The van der Waals surface area contributed by atoms with Gasteiger partial charge in [-0.05, 0) is 42.8 Å². The Morgan fingerprint density at radius 3 is 2.76 bits per heavy atom. The Morgan fingerprint density at radius 2 is 2.03 bits per heavy atom. The SMILES string of the molecule is CC(CO)NC(=O)c1ccc(O)cc1OC[C@@H](O)CN1CCC2(CC1)Cc1cc(Cl)ccc1O2. The molecule has 0 aliphatic carbocycles. The number of phenols is 1. The third-order valence-electron chi connectivity index (χ3n) is 6.39. The fourth-order valence-electron chi connectivity index (χ4n) is 4.53. The average molecular weight is 491 g/mol. The normalized spacial score (nSPS) is 18.7. The van der Waals surface area contributed by atoms with E-state index in [2.05, 4.69) is 10.2 Å². The topological polar surface area (TPSA) is 111 Å². The minimum absolute atomic E-state index is 0.0264. The number of likely N-dealkylation sites (tertiary alicyclic amines) is 1. The number of fused-ring (bicyclic) bond motifs is 1. The summed E-state index contributed by atoms with van der Waals surface area (Å²) in [4.78, 5) is 14.6. The van der Waals surface area contributed by atoms with Crippen LogP contribution in [0.25, 0.3) is 0 Å². The number of carbonyl (C=O) groups excluding carboxylic acids is 1. The quantitative estimate of drug-likeness (QED) is 0.449. The molecule has 1 fully saturated rings. The average Bonchev–Trinajstić information content (AvgIpc) is 3.16. The number of ether oxygens (including phenoxy) is 2. The van der Waals surface area contributed by atoms with Crippen molar-refractivity contribution in [3.05, 3.63) is 52.5 Å². The van der Waals surface area contributed by atoms with Gasteiger partial charge in [0.1, 0.15) is 35.6 Å². The summed E-state index contributed by atoms with van der Waals surface area (Å²) >= 11 is 6.12. The molecule has 2 aromatic rings. The molecule has 1 spiro atoms. The summed E-state index contributed by atoms with van der Waals surface area (Å²) in [7, 11) is 0. The van der Waals surface area contributed by atoms with Crippen LogP contribution in [0.3, 0.4) is 0 Å². The van der Waals surface area contributed by atoms with Crippen molar-refractivity contribution in [1.82, 2.24) is 10.2 Å². The van der Waals surface area contributed by atoms with E-state index in [4.69, 9.17) is 26.2 Å². The number of hydrogen-bond acceptors (Lipinski definition) is 7. The van der Waals surface area contributed by atoms with Crippen molar-refractivity contribution in [2.75, 3.05) is 32.8 Å². The summed E-state index contributed by atoms with van der Waals surface area (Å²) in [5.41, 5.74) is 1.16. The van der Waals surface area contributed by atoms with Crippen molar-refractivity contribution in [2.45, 2.75) is 43.9 Å². The molecule has 1 unspecified atom stereocenters. The molecule has 4 N–H and O–H groups in total. The number of piperidine rings is 1. The van der Waals surface area contributed by atoms with Gasteiger partial charge in [-0.2, -0.15) is 0 Å². The van der Waals surface area contributed by atoms with E-state index in [0.717, 1.165) is 48.7 Å². The lowest BCUT2D eigenvalue weighted by atomic mass is 9.87.